The molecule has 0 unspecified atom stereocenters. The predicted octanol–water partition coefficient (Wildman–Crippen LogP) is 2.91. The first-order valence-electron chi connectivity index (χ1n) is 7.11. The van der Waals surface area contributed by atoms with Gasteiger partial charge < -0.3 is 4.74 Å². The van der Waals surface area contributed by atoms with E-state index in [4.69, 9.17) is 4.74 Å². The van der Waals surface area contributed by atoms with E-state index in [1.165, 1.54) is 11.6 Å². The molecule has 0 aliphatic heterocycles. The van der Waals surface area contributed by atoms with Crippen LogP contribution >= 0.6 is 0 Å². The van der Waals surface area contributed by atoms with Crippen LogP contribution in [0, 0.1) is 0 Å². The molecule has 0 atom stereocenters. The van der Waals surface area contributed by atoms with Crippen molar-refractivity contribution in [2.75, 3.05) is 12.5 Å². The fraction of sp³-hybridized carbons (Fsp3) is 0.118. The highest BCUT2D eigenvalue weighted by molar-refractivity contribution is 6.38. The molecule has 6 nitrogen and oxygen atoms in total. The maximum absolute atomic E-state index is 11.9. The zero-order valence-corrected chi connectivity index (χ0v) is 12.9. The third kappa shape index (κ3) is 3.21. The Morgan fingerprint density at radius 2 is 1.91 bits per heavy atom. The highest BCUT2D eigenvalue weighted by Crippen LogP contribution is 2.15. The number of rotatable bonds is 4. The fourth-order valence-electron chi connectivity index (χ4n) is 2.15. The highest BCUT2D eigenvalue weighted by Gasteiger charge is 2.11. The number of carbonyl (C=O) groups is 1. The van der Waals surface area contributed by atoms with E-state index in [-0.39, 0.29) is 11.6 Å². The van der Waals surface area contributed by atoms with Gasteiger partial charge in [0.05, 0.1) is 18.3 Å². The van der Waals surface area contributed by atoms with Gasteiger partial charge in [0.2, 0.25) is 5.84 Å². The van der Waals surface area contributed by atoms with E-state index in [0.717, 1.165) is 22.3 Å². The SMILES string of the molecule is COc1ccc(N/N=C(/C(C)=O)n2cc3ccccc3n2)cc1. The monoisotopic (exact) mass is 308 g/mol. The molecule has 3 rings (SSSR count). The van der Waals surface area contributed by atoms with E-state index in [2.05, 4.69) is 15.6 Å². The number of anilines is 1. The molecule has 0 aliphatic rings. The van der Waals surface area contributed by atoms with Gasteiger partial charge in [0, 0.05) is 18.5 Å². The van der Waals surface area contributed by atoms with Crippen LogP contribution in [0.15, 0.2) is 59.8 Å². The summed E-state index contributed by atoms with van der Waals surface area (Å²) in [5.74, 6) is 0.792. The Labute approximate surface area is 133 Å². The molecule has 3 aromatic rings. The number of benzene rings is 2. The van der Waals surface area contributed by atoms with Crippen molar-refractivity contribution in [2.24, 2.45) is 5.10 Å². The first-order chi connectivity index (χ1) is 11.2. The van der Waals surface area contributed by atoms with Crippen molar-refractivity contribution in [1.29, 1.82) is 0 Å². The lowest BCUT2D eigenvalue weighted by Gasteiger charge is -2.05. The van der Waals surface area contributed by atoms with Gasteiger partial charge in [-0.1, -0.05) is 18.2 Å². The molecule has 2 aromatic carbocycles. The second-order valence-electron chi connectivity index (χ2n) is 4.96. The summed E-state index contributed by atoms with van der Waals surface area (Å²) in [7, 11) is 1.61. The molecule has 6 heteroatoms. The molecular weight excluding hydrogens is 292 g/mol. The number of aromatic nitrogens is 2. The molecule has 0 radical (unpaired) electrons. The van der Waals surface area contributed by atoms with E-state index < -0.39 is 0 Å². The van der Waals surface area contributed by atoms with Crippen LogP contribution < -0.4 is 10.2 Å². The molecule has 0 saturated carbocycles. The van der Waals surface area contributed by atoms with Crippen molar-refractivity contribution < 1.29 is 9.53 Å². The van der Waals surface area contributed by atoms with E-state index in [0.29, 0.717) is 0 Å². The lowest BCUT2D eigenvalue weighted by Crippen LogP contribution is -2.22. The van der Waals surface area contributed by atoms with Crippen molar-refractivity contribution in [2.45, 2.75) is 6.92 Å². The van der Waals surface area contributed by atoms with Crippen molar-refractivity contribution in [1.82, 2.24) is 9.78 Å². The lowest BCUT2D eigenvalue weighted by atomic mass is 10.3. The third-order valence-corrected chi connectivity index (χ3v) is 3.33. The Morgan fingerprint density at radius 1 is 1.17 bits per heavy atom. The third-order valence-electron chi connectivity index (χ3n) is 3.33. The van der Waals surface area contributed by atoms with E-state index in [1.54, 1.807) is 13.3 Å². The first-order valence-corrected chi connectivity index (χ1v) is 7.11. The number of ether oxygens (including phenoxy) is 1. The molecule has 0 spiro atoms. The Hall–Kier alpha value is -3.15. The van der Waals surface area contributed by atoms with E-state index >= 15 is 0 Å². The minimum Gasteiger partial charge on any atom is -0.497 e. The van der Waals surface area contributed by atoms with E-state index in [1.807, 2.05) is 48.5 Å². The summed E-state index contributed by atoms with van der Waals surface area (Å²) in [5.41, 5.74) is 4.43. The quantitative estimate of drug-likeness (QED) is 0.457. The van der Waals surface area contributed by atoms with Crippen LogP contribution in [0.25, 0.3) is 10.9 Å². The van der Waals surface area contributed by atoms with Crippen LogP contribution in [0.3, 0.4) is 0 Å². The summed E-state index contributed by atoms with van der Waals surface area (Å²) < 4.78 is 6.59. The molecule has 0 saturated heterocycles. The van der Waals surface area contributed by atoms with Gasteiger partial charge in [0.1, 0.15) is 5.75 Å². The molecular formula is C17H16N4O2. The predicted molar refractivity (Wildman–Crippen MR) is 89.9 cm³/mol. The summed E-state index contributed by atoms with van der Waals surface area (Å²) >= 11 is 0. The fourth-order valence-corrected chi connectivity index (χ4v) is 2.15. The molecule has 0 fully saturated rings. The molecule has 116 valence electrons. The number of methoxy groups -OCH3 is 1. The first kappa shape index (κ1) is 14.8. The van der Waals surface area contributed by atoms with Gasteiger partial charge in [-0.3, -0.25) is 10.2 Å². The maximum Gasteiger partial charge on any atom is 0.216 e. The second-order valence-corrected chi connectivity index (χ2v) is 4.96. The van der Waals surface area contributed by atoms with Crippen LogP contribution in [0.1, 0.15) is 6.92 Å². The van der Waals surface area contributed by atoms with Gasteiger partial charge in [0.25, 0.3) is 0 Å². The Balaban J connectivity index is 1.89. The van der Waals surface area contributed by atoms with Gasteiger partial charge in [-0.2, -0.15) is 10.2 Å². The summed E-state index contributed by atoms with van der Waals surface area (Å²) in [6, 6.07) is 14.9. The Bertz CT molecular complexity index is 833. The Kier molecular flexibility index (Phi) is 4.05. The number of hydrogen-bond acceptors (Lipinski definition) is 5. The Morgan fingerprint density at radius 3 is 2.57 bits per heavy atom. The molecule has 23 heavy (non-hydrogen) atoms. The van der Waals surface area contributed by atoms with Crippen LogP contribution in [0.5, 0.6) is 5.75 Å². The van der Waals surface area contributed by atoms with Gasteiger partial charge in [0.15, 0.2) is 5.78 Å². The average Bonchev–Trinajstić information content (AvgIpc) is 2.99. The number of Topliss-reactive ketones (excluding diaryl/α,β-unsaturated/α-hetero) is 1. The van der Waals surface area contributed by atoms with Crippen molar-refractivity contribution >= 4 is 28.2 Å². The number of fused-ring (bicyclic) bond motifs is 1. The van der Waals surface area contributed by atoms with Gasteiger partial charge in [-0.05, 0) is 30.3 Å². The normalized spacial score (nSPS) is 11.5. The topological polar surface area (TPSA) is 68.5 Å². The van der Waals surface area contributed by atoms with Gasteiger partial charge in [-0.15, -0.1) is 0 Å². The summed E-state index contributed by atoms with van der Waals surface area (Å²) in [6.07, 6.45) is 1.78. The number of nitrogens with zero attached hydrogens (tertiary/aromatic N) is 3. The van der Waals surface area contributed by atoms with Crippen LogP contribution in [-0.2, 0) is 4.79 Å². The number of hydrogen-bond donors (Lipinski definition) is 1. The van der Waals surface area contributed by atoms with Gasteiger partial charge in [-0.25, -0.2) is 4.68 Å². The number of ketones is 1. The average molecular weight is 308 g/mol. The smallest absolute Gasteiger partial charge is 0.216 e. The molecule has 1 heterocycles. The zero-order chi connectivity index (χ0) is 16.2. The molecule has 0 aliphatic carbocycles. The summed E-state index contributed by atoms with van der Waals surface area (Å²) in [6.45, 7) is 1.46. The van der Waals surface area contributed by atoms with Crippen molar-refractivity contribution in [3.63, 3.8) is 0 Å². The van der Waals surface area contributed by atoms with Crippen molar-refractivity contribution in [3.8, 4) is 5.75 Å². The number of hydrazone groups is 1. The van der Waals surface area contributed by atoms with Crippen molar-refractivity contribution in [3.05, 3.63) is 54.7 Å². The summed E-state index contributed by atoms with van der Waals surface area (Å²) in [5, 5.41) is 9.52. The molecule has 1 N–H and O–H groups in total. The highest BCUT2D eigenvalue weighted by atomic mass is 16.5. The minimum atomic E-state index is -0.182. The standard InChI is InChI=1S/C17H16N4O2/c1-12(22)17(19-18-14-7-9-15(23-2)10-8-14)21-11-13-5-3-4-6-16(13)20-21/h3-11,18H,1-2H3/b19-17-. The molecule has 0 amide bonds. The van der Waals surface area contributed by atoms with Crippen LogP contribution in [0.2, 0.25) is 0 Å². The lowest BCUT2D eigenvalue weighted by molar-refractivity contribution is -0.111. The maximum atomic E-state index is 11.9. The second kappa shape index (κ2) is 6.31. The van der Waals surface area contributed by atoms with Gasteiger partial charge >= 0.3 is 0 Å². The number of carbonyl (C=O) groups excluding carboxylic acids is 1. The number of nitrogens with one attached hydrogen (secondary N) is 1. The molecule has 0 bridgehead atoms. The van der Waals surface area contributed by atoms with Crippen LogP contribution in [-0.4, -0.2) is 28.5 Å². The largest absolute Gasteiger partial charge is 0.497 e. The van der Waals surface area contributed by atoms with E-state index in [9.17, 15) is 4.79 Å². The summed E-state index contributed by atoms with van der Waals surface area (Å²) in [4.78, 5) is 11.9. The van der Waals surface area contributed by atoms with Crippen LogP contribution in [0.4, 0.5) is 5.69 Å². The minimum absolute atomic E-state index is 0.182. The zero-order valence-electron chi connectivity index (χ0n) is 12.9. The molecule has 1 aromatic heterocycles.